The molecular weight excluding hydrogens is 260 g/mol. The first-order valence-electron chi connectivity index (χ1n) is 8.88. The molecule has 0 radical (unpaired) electrons. The molecule has 0 aliphatic heterocycles. The fourth-order valence-electron chi connectivity index (χ4n) is 6.42. The monoisotopic (exact) mass is 288 g/mol. The zero-order valence-electron chi connectivity index (χ0n) is 13.4. The van der Waals surface area contributed by atoms with Crippen molar-refractivity contribution < 1.29 is 9.90 Å². The molecule has 0 unspecified atom stereocenters. The minimum atomic E-state index is -0.471. The molecule has 21 heavy (non-hydrogen) atoms. The summed E-state index contributed by atoms with van der Waals surface area (Å²) < 4.78 is 0. The van der Waals surface area contributed by atoms with Crippen molar-refractivity contribution in [2.75, 3.05) is 0 Å². The van der Waals surface area contributed by atoms with Crippen LogP contribution in [0.15, 0.2) is 11.6 Å². The minimum absolute atomic E-state index is 0.125. The number of carbonyl (C=O) groups excluding carboxylic acids is 1. The largest absolute Gasteiger partial charge is 0.390 e. The SMILES string of the molecule is C[C@]1(O)CC[C@@H]2[C@@H]3CCC4=CC(=O)CC[C@@H]4[C@@H]3CC[C@@]21C. The van der Waals surface area contributed by atoms with Crippen LogP contribution in [0.1, 0.15) is 65.2 Å². The molecule has 3 saturated carbocycles. The Bertz CT molecular complexity index is 504. The van der Waals surface area contributed by atoms with Gasteiger partial charge in [0.05, 0.1) is 5.60 Å². The van der Waals surface area contributed by atoms with Gasteiger partial charge in [-0.2, -0.15) is 0 Å². The van der Waals surface area contributed by atoms with Crippen molar-refractivity contribution in [2.24, 2.45) is 29.1 Å². The van der Waals surface area contributed by atoms with Gasteiger partial charge in [0.2, 0.25) is 0 Å². The van der Waals surface area contributed by atoms with E-state index in [9.17, 15) is 9.90 Å². The van der Waals surface area contributed by atoms with Gasteiger partial charge in [-0.15, -0.1) is 0 Å². The Kier molecular flexibility index (Phi) is 2.96. The molecule has 2 nitrogen and oxygen atoms in total. The molecule has 4 aliphatic carbocycles. The van der Waals surface area contributed by atoms with Crippen LogP contribution in [0.25, 0.3) is 0 Å². The zero-order chi connectivity index (χ0) is 14.8. The van der Waals surface area contributed by atoms with Gasteiger partial charge in [-0.3, -0.25) is 4.79 Å². The molecule has 0 aromatic carbocycles. The molecule has 116 valence electrons. The first-order valence-corrected chi connectivity index (χ1v) is 8.88. The van der Waals surface area contributed by atoms with Crippen LogP contribution >= 0.6 is 0 Å². The van der Waals surface area contributed by atoms with Crippen LogP contribution in [-0.2, 0) is 4.79 Å². The highest BCUT2D eigenvalue weighted by molar-refractivity contribution is 5.91. The van der Waals surface area contributed by atoms with E-state index >= 15 is 0 Å². The number of fused-ring (bicyclic) bond motifs is 5. The van der Waals surface area contributed by atoms with E-state index in [0.29, 0.717) is 17.6 Å². The molecule has 0 heterocycles. The number of ketones is 1. The molecule has 4 aliphatic rings. The molecule has 0 bridgehead atoms. The molecule has 4 rings (SSSR count). The second kappa shape index (κ2) is 4.44. The van der Waals surface area contributed by atoms with Crippen molar-refractivity contribution in [3.8, 4) is 0 Å². The number of hydrogen-bond acceptors (Lipinski definition) is 2. The van der Waals surface area contributed by atoms with Crippen LogP contribution in [0.5, 0.6) is 0 Å². The van der Waals surface area contributed by atoms with Gasteiger partial charge in [-0.05, 0) is 87.0 Å². The summed E-state index contributed by atoms with van der Waals surface area (Å²) in [6, 6.07) is 0. The molecule has 0 spiro atoms. The van der Waals surface area contributed by atoms with Crippen LogP contribution in [0, 0.1) is 29.1 Å². The Morgan fingerprint density at radius 3 is 2.67 bits per heavy atom. The quantitative estimate of drug-likeness (QED) is 0.734. The average molecular weight is 288 g/mol. The van der Waals surface area contributed by atoms with Crippen molar-refractivity contribution in [1.29, 1.82) is 0 Å². The average Bonchev–Trinajstić information content (AvgIpc) is 2.69. The van der Waals surface area contributed by atoms with Gasteiger partial charge in [-0.25, -0.2) is 0 Å². The van der Waals surface area contributed by atoms with Crippen LogP contribution < -0.4 is 0 Å². The second-order valence-electron chi connectivity index (χ2n) is 8.57. The normalized spacial score (nSPS) is 52.7. The molecule has 3 fully saturated rings. The van der Waals surface area contributed by atoms with Gasteiger partial charge >= 0.3 is 0 Å². The van der Waals surface area contributed by atoms with E-state index in [4.69, 9.17) is 0 Å². The number of carbonyl (C=O) groups is 1. The van der Waals surface area contributed by atoms with E-state index in [-0.39, 0.29) is 5.41 Å². The highest BCUT2D eigenvalue weighted by Gasteiger charge is 2.60. The lowest BCUT2D eigenvalue weighted by molar-refractivity contribution is -0.117. The van der Waals surface area contributed by atoms with E-state index in [1.165, 1.54) is 31.3 Å². The van der Waals surface area contributed by atoms with Gasteiger partial charge in [0.1, 0.15) is 0 Å². The van der Waals surface area contributed by atoms with Crippen molar-refractivity contribution in [1.82, 2.24) is 0 Å². The molecule has 0 amide bonds. The summed E-state index contributed by atoms with van der Waals surface area (Å²) in [5, 5.41) is 10.9. The van der Waals surface area contributed by atoms with E-state index in [1.807, 2.05) is 6.08 Å². The molecule has 0 aromatic rings. The van der Waals surface area contributed by atoms with E-state index in [2.05, 4.69) is 13.8 Å². The lowest BCUT2D eigenvalue weighted by Crippen LogP contribution is -2.51. The second-order valence-corrected chi connectivity index (χ2v) is 8.57. The number of aliphatic hydroxyl groups is 1. The van der Waals surface area contributed by atoms with Gasteiger partial charge in [-0.1, -0.05) is 12.5 Å². The molecular formula is C19H28O2. The maximum Gasteiger partial charge on any atom is 0.155 e. The molecule has 0 saturated heterocycles. The third-order valence-electron chi connectivity index (χ3n) is 7.86. The van der Waals surface area contributed by atoms with Crippen LogP contribution in [-0.4, -0.2) is 16.5 Å². The summed E-state index contributed by atoms with van der Waals surface area (Å²) in [5.74, 6) is 3.30. The summed E-state index contributed by atoms with van der Waals surface area (Å²) in [6.07, 6.45) is 10.8. The van der Waals surface area contributed by atoms with E-state index in [1.54, 1.807) is 0 Å². The summed E-state index contributed by atoms with van der Waals surface area (Å²) in [5.41, 5.74) is 1.11. The van der Waals surface area contributed by atoms with E-state index < -0.39 is 5.60 Å². The molecule has 6 atom stereocenters. The predicted octanol–water partition coefficient (Wildman–Crippen LogP) is 3.88. The van der Waals surface area contributed by atoms with Crippen LogP contribution in [0.3, 0.4) is 0 Å². The van der Waals surface area contributed by atoms with Gasteiger partial charge in [0.15, 0.2) is 5.78 Å². The smallest absolute Gasteiger partial charge is 0.155 e. The Morgan fingerprint density at radius 1 is 1.05 bits per heavy atom. The van der Waals surface area contributed by atoms with Crippen molar-refractivity contribution >= 4 is 5.78 Å². The lowest BCUT2D eigenvalue weighted by atomic mass is 9.51. The number of hydrogen-bond donors (Lipinski definition) is 1. The van der Waals surface area contributed by atoms with Crippen molar-refractivity contribution in [2.45, 2.75) is 70.8 Å². The Balaban J connectivity index is 1.64. The summed E-state index contributed by atoms with van der Waals surface area (Å²) in [6.45, 7) is 4.41. The zero-order valence-corrected chi connectivity index (χ0v) is 13.4. The van der Waals surface area contributed by atoms with Crippen LogP contribution in [0.2, 0.25) is 0 Å². The lowest BCUT2D eigenvalue weighted by Gasteiger charge is -2.55. The van der Waals surface area contributed by atoms with Gasteiger partial charge in [0, 0.05) is 6.42 Å². The van der Waals surface area contributed by atoms with Crippen LogP contribution in [0.4, 0.5) is 0 Å². The first kappa shape index (κ1) is 14.0. The molecule has 1 N–H and O–H groups in total. The maximum atomic E-state index is 11.7. The van der Waals surface area contributed by atoms with E-state index in [0.717, 1.165) is 37.5 Å². The third-order valence-corrected chi connectivity index (χ3v) is 7.86. The Labute approximate surface area is 128 Å². The fraction of sp³-hybridized carbons (Fsp3) is 0.842. The molecule has 2 heteroatoms. The fourth-order valence-corrected chi connectivity index (χ4v) is 6.42. The summed E-state index contributed by atoms with van der Waals surface area (Å²) >= 11 is 0. The first-order chi connectivity index (χ1) is 9.92. The molecule has 0 aromatic heterocycles. The van der Waals surface area contributed by atoms with Gasteiger partial charge < -0.3 is 5.11 Å². The highest BCUT2D eigenvalue weighted by atomic mass is 16.3. The van der Waals surface area contributed by atoms with Crippen molar-refractivity contribution in [3.05, 3.63) is 11.6 Å². The number of rotatable bonds is 0. The third kappa shape index (κ3) is 1.84. The Morgan fingerprint density at radius 2 is 1.86 bits per heavy atom. The standard InChI is InChI=1S/C19H28O2/c1-18-9-7-15-14-6-4-13(20)11-12(14)3-5-16(15)17(18)8-10-19(18,2)21/h11,14-17,21H,3-10H2,1-2H3/t14-,15-,16+,17+,18-,19-/m0/s1. The summed E-state index contributed by atoms with van der Waals surface area (Å²) in [7, 11) is 0. The van der Waals surface area contributed by atoms with Crippen molar-refractivity contribution in [3.63, 3.8) is 0 Å². The summed E-state index contributed by atoms with van der Waals surface area (Å²) in [4.78, 5) is 11.7. The topological polar surface area (TPSA) is 37.3 Å². The highest BCUT2D eigenvalue weighted by Crippen LogP contribution is 2.64. The minimum Gasteiger partial charge on any atom is -0.390 e. The predicted molar refractivity (Wildman–Crippen MR) is 82.7 cm³/mol. The number of allylic oxidation sites excluding steroid dienone is 1. The maximum absolute atomic E-state index is 11.7. The Hall–Kier alpha value is -0.630. The van der Waals surface area contributed by atoms with Gasteiger partial charge in [0.25, 0.3) is 0 Å².